The first kappa shape index (κ1) is 19.9. The molecule has 3 rings (SSSR count). The highest BCUT2D eigenvalue weighted by Crippen LogP contribution is 2.48. The molecule has 9 heteroatoms. The van der Waals surface area contributed by atoms with Crippen LogP contribution in [0.5, 0.6) is 5.88 Å². The highest BCUT2D eigenvalue weighted by atomic mass is 35.5. The third-order valence-electron chi connectivity index (χ3n) is 3.84. The lowest BCUT2D eigenvalue weighted by atomic mass is 10.2. The Kier molecular flexibility index (Phi) is 6.25. The van der Waals surface area contributed by atoms with E-state index in [1.165, 1.54) is 25.1 Å². The van der Waals surface area contributed by atoms with Gasteiger partial charge >= 0.3 is 7.60 Å². The van der Waals surface area contributed by atoms with Gasteiger partial charge in [-0.1, -0.05) is 35.3 Å². The molecule has 27 heavy (non-hydrogen) atoms. The predicted molar refractivity (Wildman–Crippen MR) is 106 cm³/mol. The van der Waals surface area contributed by atoms with Crippen LogP contribution >= 0.6 is 30.8 Å². The summed E-state index contributed by atoms with van der Waals surface area (Å²) in [6, 6.07) is 14.2. The van der Waals surface area contributed by atoms with Gasteiger partial charge in [-0.05, 0) is 42.0 Å². The Bertz CT molecular complexity index is 950. The van der Waals surface area contributed by atoms with Crippen molar-refractivity contribution >= 4 is 36.1 Å². The first-order chi connectivity index (χ1) is 13.0. The highest BCUT2D eigenvalue weighted by molar-refractivity contribution is 7.62. The summed E-state index contributed by atoms with van der Waals surface area (Å²) in [7, 11) is -0.940. The average molecular weight is 427 g/mol. The minimum atomic E-state index is -3.56. The van der Waals surface area contributed by atoms with E-state index in [1.54, 1.807) is 36.4 Å². The van der Waals surface area contributed by atoms with Gasteiger partial charge in [0.15, 0.2) is 0 Å². The largest absolute Gasteiger partial charge is 0.472 e. The van der Waals surface area contributed by atoms with Crippen molar-refractivity contribution in [3.8, 4) is 11.6 Å². The number of ether oxygens (including phenoxy) is 1. The van der Waals surface area contributed by atoms with Crippen molar-refractivity contribution in [2.45, 2.75) is 6.61 Å². The summed E-state index contributed by atoms with van der Waals surface area (Å²) < 4.78 is 30.6. The van der Waals surface area contributed by atoms with Gasteiger partial charge in [-0.3, -0.25) is 4.57 Å². The maximum absolute atomic E-state index is 12.9. The molecule has 142 valence electrons. The molecule has 0 amide bonds. The summed E-state index contributed by atoms with van der Waals surface area (Å²) in [6.07, 6.45) is 1.42. The number of hydrogen-bond acceptors (Lipinski definition) is 5. The van der Waals surface area contributed by atoms with Gasteiger partial charge in [0.1, 0.15) is 11.9 Å². The summed E-state index contributed by atoms with van der Waals surface area (Å²) in [4.78, 5) is 0. The molecule has 1 aromatic heterocycles. The Morgan fingerprint density at radius 1 is 0.963 bits per heavy atom. The van der Waals surface area contributed by atoms with Crippen molar-refractivity contribution in [1.29, 1.82) is 0 Å². The van der Waals surface area contributed by atoms with Crippen molar-refractivity contribution in [2.24, 2.45) is 0 Å². The maximum atomic E-state index is 12.9. The van der Waals surface area contributed by atoms with Crippen LogP contribution in [0.25, 0.3) is 5.69 Å². The first-order valence-electron chi connectivity index (χ1n) is 7.90. The molecule has 0 saturated carbocycles. The van der Waals surface area contributed by atoms with Crippen molar-refractivity contribution in [1.82, 2.24) is 9.78 Å². The Hall–Kier alpha value is -1.82. The molecule has 1 heterocycles. The SMILES string of the molecule is COP(=O)(OC)c1cnn(-c2ccc(Cl)cc2)c1OCc1ccc(Cl)cc1. The first-order valence-corrected chi connectivity index (χ1v) is 10.2. The topological polar surface area (TPSA) is 62.6 Å². The molecule has 0 N–H and O–H groups in total. The van der Waals surface area contributed by atoms with Gasteiger partial charge in [0.05, 0.1) is 11.9 Å². The van der Waals surface area contributed by atoms with Crippen molar-refractivity contribution in [3.63, 3.8) is 0 Å². The van der Waals surface area contributed by atoms with Crippen LogP contribution in [0, 0.1) is 0 Å². The number of benzene rings is 2. The molecule has 0 bridgehead atoms. The van der Waals surface area contributed by atoms with Crippen molar-refractivity contribution < 1.29 is 18.3 Å². The molecule has 0 spiro atoms. The lowest BCUT2D eigenvalue weighted by Crippen LogP contribution is -2.13. The van der Waals surface area contributed by atoms with Crippen LogP contribution in [0.3, 0.4) is 0 Å². The molecule has 0 atom stereocenters. The van der Waals surface area contributed by atoms with Crippen LogP contribution in [-0.2, 0) is 20.2 Å². The lowest BCUT2D eigenvalue weighted by molar-refractivity contribution is 0.274. The molecule has 2 aromatic carbocycles. The van der Waals surface area contributed by atoms with Gasteiger partial charge in [0, 0.05) is 24.3 Å². The van der Waals surface area contributed by atoms with Gasteiger partial charge in [-0.15, -0.1) is 0 Å². The molecule has 3 aromatic rings. The van der Waals surface area contributed by atoms with E-state index in [2.05, 4.69) is 5.10 Å². The van der Waals surface area contributed by atoms with Crippen LogP contribution in [0.15, 0.2) is 54.7 Å². The zero-order valence-electron chi connectivity index (χ0n) is 14.6. The fourth-order valence-corrected chi connectivity index (χ4v) is 3.80. The third kappa shape index (κ3) is 4.37. The quantitative estimate of drug-likeness (QED) is 0.504. The van der Waals surface area contributed by atoms with Crippen LogP contribution < -0.4 is 10.0 Å². The monoisotopic (exact) mass is 426 g/mol. The minimum Gasteiger partial charge on any atom is -0.472 e. The molecule has 6 nitrogen and oxygen atoms in total. The summed E-state index contributed by atoms with van der Waals surface area (Å²) in [5.41, 5.74) is 1.58. The second-order valence-electron chi connectivity index (χ2n) is 5.50. The van der Waals surface area contributed by atoms with E-state index in [1.807, 2.05) is 12.1 Å². The van der Waals surface area contributed by atoms with E-state index in [-0.39, 0.29) is 17.8 Å². The van der Waals surface area contributed by atoms with Gasteiger partial charge in [0.25, 0.3) is 0 Å². The molecule has 0 aliphatic carbocycles. The summed E-state index contributed by atoms with van der Waals surface area (Å²) >= 11 is 11.9. The molecule has 0 saturated heterocycles. The molecule has 0 aliphatic heterocycles. The Morgan fingerprint density at radius 3 is 2.07 bits per heavy atom. The number of rotatable bonds is 7. The molecule has 0 unspecified atom stereocenters. The summed E-state index contributed by atoms with van der Waals surface area (Å²) in [5.74, 6) is 0.263. The van der Waals surface area contributed by atoms with E-state index in [9.17, 15) is 4.57 Å². The molecule has 0 aliphatic rings. The standard InChI is InChI=1S/C18H17Cl2N2O4P/c1-24-27(23,25-2)17-11-21-22(16-9-7-15(20)8-10-16)18(17)26-12-13-3-5-14(19)6-4-13/h3-11H,12H2,1-2H3. The number of nitrogens with zero attached hydrogens (tertiary/aromatic N) is 2. The minimum absolute atomic E-state index is 0.219. The molecular formula is C18H17Cl2N2O4P. The van der Waals surface area contributed by atoms with Crippen LogP contribution in [0.2, 0.25) is 10.0 Å². The molecule has 0 radical (unpaired) electrons. The zero-order valence-corrected chi connectivity index (χ0v) is 17.0. The third-order valence-corrected chi connectivity index (χ3v) is 6.20. The number of halogens is 2. The summed E-state index contributed by atoms with van der Waals surface area (Å²) in [5, 5.41) is 5.76. The summed E-state index contributed by atoms with van der Waals surface area (Å²) in [6.45, 7) is 0.219. The smallest absolute Gasteiger partial charge is 0.367 e. The van der Waals surface area contributed by atoms with Gasteiger partial charge in [0.2, 0.25) is 5.88 Å². The van der Waals surface area contributed by atoms with Crippen LogP contribution in [0.1, 0.15) is 5.56 Å². The Morgan fingerprint density at radius 2 is 1.52 bits per heavy atom. The van der Waals surface area contributed by atoms with Gasteiger partial charge in [-0.2, -0.15) is 5.10 Å². The van der Waals surface area contributed by atoms with Gasteiger partial charge < -0.3 is 13.8 Å². The van der Waals surface area contributed by atoms with Crippen molar-refractivity contribution in [3.05, 3.63) is 70.3 Å². The highest BCUT2D eigenvalue weighted by Gasteiger charge is 2.33. The molecular weight excluding hydrogens is 410 g/mol. The Labute approximate surface area is 167 Å². The van der Waals surface area contributed by atoms with Gasteiger partial charge in [-0.25, -0.2) is 4.68 Å². The van der Waals surface area contributed by atoms with E-state index < -0.39 is 7.60 Å². The number of aromatic nitrogens is 2. The van der Waals surface area contributed by atoms with Crippen LogP contribution in [0.4, 0.5) is 0 Å². The normalized spacial score (nSPS) is 11.6. The Balaban J connectivity index is 2.01. The number of hydrogen-bond donors (Lipinski definition) is 0. The second-order valence-corrected chi connectivity index (χ2v) is 8.58. The zero-order chi connectivity index (χ0) is 19.4. The van der Waals surface area contributed by atoms with E-state index >= 15 is 0 Å². The van der Waals surface area contributed by atoms with E-state index in [4.69, 9.17) is 37.0 Å². The average Bonchev–Trinajstić information content (AvgIpc) is 3.12. The fraction of sp³-hybridized carbons (Fsp3) is 0.167. The molecule has 0 fully saturated rings. The van der Waals surface area contributed by atoms with E-state index in [0.29, 0.717) is 15.7 Å². The lowest BCUT2D eigenvalue weighted by Gasteiger charge is -2.16. The van der Waals surface area contributed by atoms with Crippen LogP contribution in [-0.4, -0.2) is 24.0 Å². The maximum Gasteiger partial charge on any atom is 0.367 e. The fourth-order valence-electron chi connectivity index (χ4n) is 2.42. The van der Waals surface area contributed by atoms with Crippen molar-refractivity contribution in [2.75, 3.05) is 14.2 Å². The van der Waals surface area contributed by atoms with E-state index in [0.717, 1.165) is 5.56 Å². The predicted octanol–water partition coefficient (Wildman–Crippen LogP) is 4.87. The second kappa shape index (κ2) is 8.46.